The van der Waals surface area contributed by atoms with Crippen molar-refractivity contribution in [3.05, 3.63) is 23.6 Å². The zero-order chi connectivity index (χ0) is 15.3. The Kier molecular flexibility index (Phi) is 5.96. The van der Waals surface area contributed by atoms with Gasteiger partial charge in [-0.05, 0) is 30.4 Å². The highest BCUT2D eigenvalue weighted by Gasteiger charge is 2.43. The van der Waals surface area contributed by atoms with E-state index in [1.807, 2.05) is 6.92 Å². The molecule has 0 N–H and O–H groups in total. The normalized spacial score (nSPS) is 21.2. The van der Waals surface area contributed by atoms with Gasteiger partial charge in [0, 0.05) is 12.8 Å². The van der Waals surface area contributed by atoms with Crippen LogP contribution < -0.4 is 0 Å². The van der Waals surface area contributed by atoms with Crippen LogP contribution in [0.25, 0.3) is 0 Å². The van der Waals surface area contributed by atoms with Crippen molar-refractivity contribution in [2.75, 3.05) is 0 Å². The Hall–Kier alpha value is -1.13. The molecule has 0 heterocycles. The van der Waals surface area contributed by atoms with Crippen LogP contribution in [-0.2, 0) is 4.79 Å². The number of hydrogen-bond acceptors (Lipinski definition) is 1. The molecule has 0 aliphatic heterocycles. The minimum Gasteiger partial charge on any atom is -0.300 e. The SMILES string of the molecule is CCCC(CC(=O)CC)C1=CCC(C(F)(F)F)C(F)=C1. The molecule has 0 fully saturated rings. The first-order chi connectivity index (χ1) is 9.29. The van der Waals surface area contributed by atoms with E-state index in [0.29, 0.717) is 18.4 Å². The van der Waals surface area contributed by atoms with Gasteiger partial charge in [0.1, 0.15) is 17.5 Å². The van der Waals surface area contributed by atoms with Gasteiger partial charge in [0.05, 0.1) is 0 Å². The molecule has 20 heavy (non-hydrogen) atoms. The number of halogens is 4. The molecule has 0 radical (unpaired) electrons. The van der Waals surface area contributed by atoms with E-state index in [1.54, 1.807) is 6.92 Å². The van der Waals surface area contributed by atoms with Gasteiger partial charge in [-0.1, -0.05) is 26.3 Å². The number of carbonyl (C=O) groups is 1. The lowest BCUT2D eigenvalue weighted by Crippen LogP contribution is -2.25. The molecule has 2 unspecified atom stereocenters. The van der Waals surface area contributed by atoms with Crippen molar-refractivity contribution < 1.29 is 22.4 Å². The third kappa shape index (κ3) is 4.46. The van der Waals surface area contributed by atoms with Crippen molar-refractivity contribution in [2.45, 2.75) is 52.1 Å². The predicted molar refractivity (Wildman–Crippen MR) is 69.7 cm³/mol. The Labute approximate surface area is 116 Å². The molecule has 1 nitrogen and oxygen atoms in total. The molecule has 0 aromatic carbocycles. The smallest absolute Gasteiger partial charge is 0.300 e. The van der Waals surface area contributed by atoms with Gasteiger partial charge >= 0.3 is 6.18 Å². The summed E-state index contributed by atoms with van der Waals surface area (Å²) in [6.07, 6.45) is -0.365. The van der Waals surface area contributed by atoms with Crippen LogP contribution in [-0.4, -0.2) is 12.0 Å². The van der Waals surface area contributed by atoms with Gasteiger partial charge in [-0.15, -0.1) is 0 Å². The summed E-state index contributed by atoms with van der Waals surface area (Å²) in [5, 5.41) is 0. The van der Waals surface area contributed by atoms with E-state index in [-0.39, 0.29) is 24.5 Å². The molecule has 1 aliphatic rings. The summed E-state index contributed by atoms with van der Waals surface area (Å²) in [4.78, 5) is 11.5. The van der Waals surface area contributed by atoms with Crippen LogP contribution >= 0.6 is 0 Å². The average Bonchev–Trinajstić information content (AvgIpc) is 2.36. The van der Waals surface area contributed by atoms with E-state index in [1.165, 1.54) is 6.08 Å². The van der Waals surface area contributed by atoms with Crippen LogP contribution in [0.2, 0.25) is 0 Å². The van der Waals surface area contributed by atoms with E-state index >= 15 is 0 Å². The molecule has 0 bridgehead atoms. The minimum absolute atomic E-state index is 0.0519. The second kappa shape index (κ2) is 7.04. The summed E-state index contributed by atoms with van der Waals surface area (Å²) in [5.74, 6) is -3.29. The zero-order valence-electron chi connectivity index (χ0n) is 11.8. The highest BCUT2D eigenvalue weighted by atomic mass is 19.4. The average molecular weight is 292 g/mol. The number of hydrogen-bond donors (Lipinski definition) is 0. The molecule has 5 heteroatoms. The van der Waals surface area contributed by atoms with Crippen molar-refractivity contribution in [1.82, 2.24) is 0 Å². The molecular weight excluding hydrogens is 272 g/mol. The molecule has 114 valence electrons. The monoisotopic (exact) mass is 292 g/mol. The Balaban J connectivity index is 2.85. The van der Waals surface area contributed by atoms with Crippen molar-refractivity contribution in [1.29, 1.82) is 0 Å². The molecule has 1 aliphatic carbocycles. The van der Waals surface area contributed by atoms with Crippen LogP contribution in [0.3, 0.4) is 0 Å². The Morgan fingerprint density at radius 3 is 2.50 bits per heavy atom. The van der Waals surface area contributed by atoms with E-state index in [2.05, 4.69) is 0 Å². The lowest BCUT2D eigenvalue weighted by Gasteiger charge is -2.25. The fourth-order valence-corrected chi connectivity index (χ4v) is 2.41. The highest BCUT2D eigenvalue weighted by Crippen LogP contribution is 2.40. The number of rotatable bonds is 6. The molecule has 0 aromatic heterocycles. The quantitative estimate of drug-likeness (QED) is 0.620. The van der Waals surface area contributed by atoms with Gasteiger partial charge < -0.3 is 0 Å². The topological polar surface area (TPSA) is 17.1 Å². The summed E-state index contributed by atoms with van der Waals surface area (Å²) in [6.45, 7) is 3.68. The molecule has 0 spiro atoms. The maximum atomic E-state index is 13.6. The van der Waals surface area contributed by atoms with Crippen LogP contribution in [0.5, 0.6) is 0 Å². The molecule has 0 saturated heterocycles. The van der Waals surface area contributed by atoms with Crippen molar-refractivity contribution in [3.63, 3.8) is 0 Å². The largest absolute Gasteiger partial charge is 0.398 e. The highest BCUT2D eigenvalue weighted by molar-refractivity contribution is 5.78. The van der Waals surface area contributed by atoms with Gasteiger partial charge in [0.25, 0.3) is 0 Å². The summed E-state index contributed by atoms with van der Waals surface area (Å²) in [6, 6.07) is 0. The lowest BCUT2D eigenvalue weighted by molar-refractivity contribution is -0.167. The van der Waals surface area contributed by atoms with Crippen molar-refractivity contribution >= 4 is 5.78 Å². The van der Waals surface area contributed by atoms with Gasteiger partial charge in [0.2, 0.25) is 0 Å². The standard InChI is InChI=1S/C15H20F4O/c1-3-5-10(8-12(20)4-2)11-6-7-13(14(16)9-11)15(17,18)19/h6,9-10,13H,3-5,7-8H2,1-2H3. The summed E-state index contributed by atoms with van der Waals surface area (Å²) in [5.41, 5.74) is 0.534. The van der Waals surface area contributed by atoms with Crippen LogP contribution in [0.4, 0.5) is 17.6 Å². The maximum Gasteiger partial charge on any atom is 0.398 e. The fraction of sp³-hybridized carbons (Fsp3) is 0.667. The number of Topliss-reactive ketones (excluding diaryl/α,β-unsaturated/α-hetero) is 1. The number of carbonyl (C=O) groups excluding carboxylic acids is 1. The van der Waals surface area contributed by atoms with Gasteiger partial charge in [-0.2, -0.15) is 13.2 Å². The first kappa shape index (κ1) is 16.9. The van der Waals surface area contributed by atoms with Crippen LogP contribution in [0.15, 0.2) is 23.6 Å². The Morgan fingerprint density at radius 1 is 1.40 bits per heavy atom. The molecule has 1 rings (SSSR count). The summed E-state index contributed by atoms with van der Waals surface area (Å²) >= 11 is 0. The first-order valence-electron chi connectivity index (χ1n) is 6.95. The molecule has 0 saturated carbocycles. The van der Waals surface area contributed by atoms with E-state index in [0.717, 1.165) is 12.5 Å². The van der Waals surface area contributed by atoms with Gasteiger partial charge in [-0.3, -0.25) is 4.79 Å². The van der Waals surface area contributed by atoms with Gasteiger partial charge in [0.15, 0.2) is 0 Å². The number of allylic oxidation sites excluding steroid dienone is 4. The third-order valence-electron chi connectivity index (χ3n) is 3.60. The molecular formula is C15H20F4O. The van der Waals surface area contributed by atoms with Crippen molar-refractivity contribution in [2.24, 2.45) is 11.8 Å². The van der Waals surface area contributed by atoms with Crippen molar-refractivity contribution in [3.8, 4) is 0 Å². The minimum atomic E-state index is -4.55. The number of ketones is 1. The predicted octanol–water partition coefficient (Wildman–Crippen LogP) is 5.13. The Bertz CT molecular complexity index is 407. The summed E-state index contributed by atoms with van der Waals surface area (Å²) in [7, 11) is 0. The second-order valence-electron chi connectivity index (χ2n) is 5.15. The fourth-order valence-electron chi connectivity index (χ4n) is 2.41. The third-order valence-corrected chi connectivity index (χ3v) is 3.60. The molecule has 0 aromatic rings. The number of alkyl halides is 3. The zero-order valence-corrected chi connectivity index (χ0v) is 11.8. The van der Waals surface area contributed by atoms with E-state index < -0.39 is 17.9 Å². The second-order valence-corrected chi connectivity index (χ2v) is 5.15. The first-order valence-corrected chi connectivity index (χ1v) is 6.95. The van der Waals surface area contributed by atoms with Crippen LogP contribution in [0.1, 0.15) is 46.0 Å². The lowest BCUT2D eigenvalue weighted by atomic mass is 9.83. The molecule has 0 amide bonds. The summed E-state index contributed by atoms with van der Waals surface area (Å²) < 4.78 is 51.3. The maximum absolute atomic E-state index is 13.6. The van der Waals surface area contributed by atoms with E-state index in [9.17, 15) is 22.4 Å². The van der Waals surface area contributed by atoms with Crippen LogP contribution in [0, 0.1) is 11.8 Å². The Morgan fingerprint density at radius 2 is 2.05 bits per heavy atom. The molecule has 2 atom stereocenters. The van der Waals surface area contributed by atoms with E-state index in [4.69, 9.17) is 0 Å². The van der Waals surface area contributed by atoms with Gasteiger partial charge in [-0.25, -0.2) is 4.39 Å².